The summed E-state index contributed by atoms with van der Waals surface area (Å²) in [5.74, 6) is -1.74. The van der Waals surface area contributed by atoms with Crippen LogP contribution in [-0.2, 0) is 22.3 Å². The highest BCUT2D eigenvalue weighted by atomic mass is 16.5. The number of benzene rings is 2. The smallest absolute Gasteiger partial charge is 0.337 e. The number of esters is 2. The van der Waals surface area contributed by atoms with E-state index in [9.17, 15) is 19.8 Å². The molecule has 0 atom stereocenters. The highest BCUT2D eigenvalue weighted by Crippen LogP contribution is 2.40. The quantitative estimate of drug-likeness (QED) is 0.0630. The van der Waals surface area contributed by atoms with E-state index in [4.69, 9.17) is 19.4 Å². The molecule has 8 bridgehead atoms. The van der Waals surface area contributed by atoms with Gasteiger partial charge in [-0.25, -0.2) is 19.6 Å². The molecule has 58 heavy (non-hydrogen) atoms. The minimum absolute atomic E-state index is 0.149. The van der Waals surface area contributed by atoms with Crippen molar-refractivity contribution in [1.82, 2.24) is 19.9 Å². The molecule has 4 N–H and O–H groups in total. The highest BCUT2D eigenvalue weighted by molar-refractivity contribution is 6.01. The number of aliphatic hydroxyl groups excluding tert-OH is 2. The topological polar surface area (TPSA) is 150 Å². The standard InChI is InChI=1S/C48H50N4O6/c1-5-7-9-11-13-33-35-23-24-36(49-35)34(14-12-10-8-6-2)38-26-28-40(51-38)42(30-17-21-32(22-18-30)48(56)58-4)44-46(54)45(53)43(52-44)41(39-27-25-37(33)50-39)29-15-19-31(20-16-29)47(55)57-3/h15-28,50-51,53-54H,5-14H2,1-4H3. The van der Waals surface area contributed by atoms with Crippen LogP contribution in [0.5, 0.6) is 0 Å². The molecule has 0 unspecified atom stereocenters. The molecule has 2 aliphatic rings. The van der Waals surface area contributed by atoms with Crippen molar-refractivity contribution in [1.29, 1.82) is 0 Å². The van der Waals surface area contributed by atoms with Gasteiger partial charge in [0.15, 0.2) is 11.5 Å². The van der Waals surface area contributed by atoms with Gasteiger partial charge < -0.3 is 29.7 Å². The second-order valence-corrected chi connectivity index (χ2v) is 14.8. The van der Waals surface area contributed by atoms with Gasteiger partial charge in [0.1, 0.15) is 11.4 Å². The molecule has 5 heterocycles. The van der Waals surface area contributed by atoms with Crippen LogP contribution in [0.15, 0.2) is 72.8 Å². The maximum atomic E-state index is 12.4. The number of methoxy groups -OCH3 is 2. The van der Waals surface area contributed by atoms with Crippen molar-refractivity contribution in [3.05, 3.63) is 118 Å². The molecule has 0 radical (unpaired) electrons. The number of carbonyl (C=O) groups excluding carboxylic acids is 2. The minimum Gasteiger partial charge on any atom is -0.503 e. The van der Waals surface area contributed by atoms with Crippen molar-refractivity contribution >= 4 is 57.7 Å². The number of hydrogen-bond donors (Lipinski definition) is 4. The first kappa shape index (κ1) is 39.8. The van der Waals surface area contributed by atoms with Crippen LogP contribution in [0.2, 0.25) is 0 Å². The second-order valence-electron chi connectivity index (χ2n) is 14.8. The molecule has 10 heteroatoms. The zero-order chi connectivity index (χ0) is 40.8. The van der Waals surface area contributed by atoms with Gasteiger partial charge in [0.25, 0.3) is 0 Å². The summed E-state index contributed by atoms with van der Waals surface area (Å²) in [6.45, 7) is 4.41. The van der Waals surface area contributed by atoms with E-state index in [1.54, 1.807) is 48.5 Å². The lowest BCUT2D eigenvalue weighted by Gasteiger charge is -2.08. The van der Waals surface area contributed by atoms with Crippen LogP contribution < -0.4 is 0 Å². The van der Waals surface area contributed by atoms with Crippen LogP contribution in [0.25, 0.3) is 68.0 Å². The lowest BCUT2D eigenvalue weighted by atomic mass is 10.0. The fraction of sp³-hybridized carbons (Fsp3) is 0.292. The Hall–Kier alpha value is -6.42. The number of nitrogens with one attached hydrogen (secondary N) is 2. The van der Waals surface area contributed by atoms with Crippen molar-refractivity contribution < 1.29 is 29.3 Å². The third-order valence-electron chi connectivity index (χ3n) is 10.9. The molecule has 0 spiro atoms. The number of aliphatic hydroxyl groups is 2. The summed E-state index contributed by atoms with van der Waals surface area (Å²) in [7, 11) is 2.67. The van der Waals surface area contributed by atoms with Gasteiger partial charge in [-0.1, -0.05) is 76.6 Å². The zero-order valence-electron chi connectivity index (χ0n) is 33.6. The summed E-state index contributed by atoms with van der Waals surface area (Å²) in [5, 5.41) is 23.8. The SMILES string of the molecule is CCCCCCc1c2nc(c(CCCCCC)c3ccc([nH]3)c(-c3ccc(C(=O)OC)cc3)c3nc(c(-c4ccc(C(=O)OC)cc4)c4ccc1[nH]4)C(O)=C3O)C=C2. The van der Waals surface area contributed by atoms with Gasteiger partial charge in [0.2, 0.25) is 0 Å². The molecule has 0 saturated carbocycles. The van der Waals surface area contributed by atoms with Crippen molar-refractivity contribution in [2.75, 3.05) is 14.2 Å². The van der Waals surface area contributed by atoms with Crippen LogP contribution in [0.4, 0.5) is 0 Å². The van der Waals surface area contributed by atoms with E-state index in [1.165, 1.54) is 14.2 Å². The average Bonchev–Trinajstić information content (AvgIpc) is 4.08. The van der Waals surface area contributed by atoms with Crippen molar-refractivity contribution in [2.45, 2.75) is 78.1 Å². The van der Waals surface area contributed by atoms with Gasteiger partial charge in [-0.05, 0) is 97.5 Å². The number of ether oxygens (including phenoxy) is 2. The van der Waals surface area contributed by atoms with E-state index in [2.05, 4.69) is 36.0 Å². The molecular weight excluding hydrogens is 729 g/mol. The second kappa shape index (κ2) is 17.8. The lowest BCUT2D eigenvalue weighted by Crippen LogP contribution is -2.00. The number of unbranched alkanes of at least 4 members (excludes halogenated alkanes) is 6. The molecule has 2 aromatic carbocycles. The number of H-pyrrole nitrogens is 2. The lowest BCUT2D eigenvalue weighted by molar-refractivity contribution is 0.0592. The summed E-state index contributed by atoms with van der Waals surface area (Å²) >= 11 is 0. The van der Waals surface area contributed by atoms with E-state index >= 15 is 0 Å². The van der Waals surface area contributed by atoms with E-state index in [-0.39, 0.29) is 11.4 Å². The largest absolute Gasteiger partial charge is 0.503 e. The molecule has 10 nitrogen and oxygen atoms in total. The third-order valence-corrected chi connectivity index (χ3v) is 10.9. The van der Waals surface area contributed by atoms with Gasteiger partial charge in [-0.3, -0.25) is 0 Å². The monoisotopic (exact) mass is 778 g/mol. The Labute approximate surface area is 338 Å². The fourth-order valence-corrected chi connectivity index (χ4v) is 7.80. The van der Waals surface area contributed by atoms with Gasteiger partial charge in [-0.2, -0.15) is 0 Å². The number of aromatic nitrogens is 4. The molecule has 5 aromatic rings. The minimum atomic E-state index is -0.473. The van der Waals surface area contributed by atoms with E-state index in [0.29, 0.717) is 44.4 Å². The molecule has 0 fully saturated rings. The zero-order valence-corrected chi connectivity index (χ0v) is 33.6. The number of carbonyl (C=O) groups is 2. The van der Waals surface area contributed by atoms with Crippen LogP contribution in [0, 0.1) is 0 Å². The third kappa shape index (κ3) is 8.05. The first-order valence-corrected chi connectivity index (χ1v) is 20.2. The highest BCUT2D eigenvalue weighted by Gasteiger charge is 2.28. The van der Waals surface area contributed by atoms with Crippen molar-refractivity contribution in [3.8, 4) is 22.3 Å². The maximum Gasteiger partial charge on any atom is 0.337 e. The Morgan fingerprint density at radius 1 is 0.534 bits per heavy atom. The Balaban J connectivity index is 1.60. The van der Waals surface area contributed by atoms with Gasteiger partial charge in [-0.15, -0.1) is 0 Å². The van der Waals surface area contributed by atoms with E-state index in [1.807, 2.05) is 24.3 Å². The van der Waals surface area contributed by atoms with E-state index in [0.717, 1.165) is 97.8 Å². The predicted molar refractivity (Wildman–Crippen MR) is 231 cm³/mol. The summed E-state index contributed by atoms with van der Waals surface area (Å²) in [5.41, 5.74) is 10.4. The normalized spacial score (nSPS) is 12.3. The number of nitrogens with zero attached hydrogens (tertiary/aromatic N) is 2. The van der Waals surface area contributed by atoms with Gasteiger partial charge >= 0.3 is 11.9 Å². The summed E-state index contributed by atoms with van der Waals surface area (Å²) in [4.78, 5) is 42.5. The number of hydrogen-bond acceptors (Lipinski definition) is 8. The van der Waals surface area contributed by atoms with Crippen molar-refractivity contribution in [2.24, 2.45) is 0 Å². The summed E-state index contributed by atoms with van der Waals surface area (Å²) in [6, 6.07) is 21.7. The first-order valence-electron chi connectivity index (χ1n) is 20.2. The number of rotatable bonds is 14. The fourth-order valence-electron chi connectivity index (χ4n) is 7.80. The molecule has 2 aliphatic heterocycles. The Bertz CT molecular complexity index is 2390. The molecular formula is C48H50N4O6. The summed E-state index contributed by atoms with van der Waals surface area (Å²) in [6.07, 6.45) is 14.6. The van der Waals surface area contributed by atoms with Gasteiger partial charge in [0, 0.05) is 44.3 Å². The van der Waals surface area contributed by atoms with Crippen molar-refractivity contribution in [3.63, 3.8) is 0 Å². The number of fused-ring (bicyclic) bond motifs is 8. The Morgan fingerprint density at radius 3 is 1.31 bits per heavy atom. The average molecular weight is 779 g/mol. The summed E-state index contributed by atoms with van der Waals surface area (Å²) < 4.78 is 9.91. The number of aromatic amines is 2. The molecule has 7 rings (SSSR count). The first-order chi connectivity index (χ1) is 28.3. The van der Waals surface area contributed by atoms with Gasteiger partial charge in [0.05, 0.1) is 36.7 Å². The molecule has 0 amide bonds. The number of aryl methyl sites for hydroxylation is 2. The Kier molecular flexibility index (Phi) is 12.2. The van der Waals surface area contributed by atoms with Crippen LogP contribution in [0.1, 0.15) is 120 Å². The Morgan fingerprint density at radius 2 is 0.931 bits per heavy atom. The van der Waals surface area contributed by atoms with Crippen LogP contribution >= 0.6 is 0 Å². The maximum absolute atomic E-state index is 12.4. The van der Waals surface area contributed by atoms with Crippen LogP contribution in [0.3, 0.4) is 0 Å². The molecule has 0 saturated heterocycles. The molecule has 0 aliphatic carbocycles. The molecule has 3 aromatic heterocycles. The molecule has 298 valence electrons. The van der Waals surface area contributed by atoms with Crippen LogP contribution in [-0.4, -0.2) is 56.3 Å². The predicted octanol–water partition coefficient (Wildman–Crippen LogP) is 11.6. The van der Waals surface area contributed by atoms with E-state index < -0.39 is 23.5 Å².